The van der Waals surface area contributed by atoms with E-state index in [2.05, 4.69) is 4.98 Å². The number of nitrogens with zero attached hydrogens (tertiary/aromatic N) is 1. The van der Waals surface area contributed by atoms with Gasteiger partial charge in [0.1, 0.15) is 10.3 Å². The van der Waals surface area contributed by atoms with Crippen LogP contribution in [0.5, 0.6) is 0 Å². The maximum absolute atomic E-state index is 12.1. The third-order valence-electron chi connectivity index (χ3n) is 3.19. The Morgan fingerprint density at radius 1 is 1.33 bits per heavy atom. The van der Waals surface area contributed by atoms with E-state index in [4.69, 9.17) is 5.73 Å². The smallest absolute Gasteiger partial charge is 0.235 e. The van der Waals surface area contributed by atoms with Gasteiger partial charge >= 0.3 is 0 Å². The fourth-order valence-corrected chi connectivity index (χ4v) is 4.52. The molecule has 2 N–H and O–H groups in total. The standard InChI is InChI=1S/C14H16N2O3S2/c1-9-12(8-21(18,19)10(2)13(15)17)20-14(16-9)11-6-4-3-5-7-11/h3-7,10H,8H2,1-2H3,(H2,15,17)/t10-/m1/s1. The Kier molecular flexibility index (Phi) is 4.43. The molecule has 1 aromatic heterocycles. The molecule has 0 aliphatic heterocycles. The maximum atomic E-state index is 12.1. The summed E-state index contributed by atoms with van der Waals surface area (Å²) in [5.74, 6) is -1.05. The van der Waals surface area contributed by atoms with Crippen molar-refractivity contribution in [2.75, 3.05) is 0 Å². The Morgan fingerprint density at radius 2 is 1.95 bits per heavy atom. The predicted molar refractivity (Wildman–Crippen MR) is 83.6 cm³/mol. The van der Waals surface area contributed by atoms with Gasteiger partial charge < -0.3 is 5.73 Å². The lowest BCUT2D eigenvalue weighted by Gasteiger charge is -2.08. The van der Waals surface area contributed by atoms with Gasteiger partial charge in [0.05, 0.1) is 11.4 Å². The lowest BCUT2D eigenvalue weighted by molar-refractivity contribution is -0.117. The molecule has 2 aromatic rings. The van der Waals surface area contributed by atoms with Crippen molar-refractivity contribution in [1.82, 2.24) is 4.98 Å². The van der Waals surface area contributed by atoms with Crippen molar-refractivity contribution in [2.45, 2.75) is 24.9 Å². The quantitative estimate of drug-likeness (QED) is 0.909. The van der Waals surface area contributed by atoms with Crippen LogP contribution in [0.2, 0.25) is 0 Å². The molecule has 2 rings (SSSR count). The molecule has 1 heterocycles. The third kappa shape index (κ3) is 3.48. The number of nitrogens with two attached hydrogens (primary N) is 1. The molecule has 0 unspecified atom stereocenters. The van der Waals surface area contributed by atoms with Crippen molar-refractivity contribution in [1.29, 1.82) is 0 Å². The van der Waals surface area contributed by atoms with Gasteiger partial charge in [0, 0.05) is 10.4 Å². The van der Waals surface area contributed by atoms with Gasteiger partial charge in [-0.2, -0.15) is 0 Å². The highest BCUT2D eigenvalue weighted by Crippen LogP contribution is 2.29. The third-order valence-corrected chi connectivity index (χ3v) is 6.57. The van der Waals surface area contributed by atoms with E-state index in [1.165, 1.54) is 18.3 Å². The van der Waals surface area contributed by atoms with Crippen LogP contribution in [0.1, 0.15) is 17.5 Å². The number of aryl methyl sites for hydroxylation is 1. The summed E-state index contributed by atoms with van der Waals surface area (Å²) in [5.41, 5.74) is 6.69. The zero-order chi connectivity index (χ0) is 15.6. The van der Waals surface area contributed by atoms with Gasteiger partial charge in [-0.25, -0.2) is 13.4 Å². The molecule has 21 heavy (non-hydrogen) atoms. The van der Waals surface area contributed by atoms with Crippen molar-refractivity contribution in [3.8, 4) is 10.6 Å². The first-order valence-electron chi connectivity index (χ1n) is 6.34. The topological polar surface area (TPSA) is 90.1 Å². The largest absolute Gasteiger partial charge is 0.369 e. The molecule has 5 nitrogen and oxygen atoms in total. The fourth-order valence-electron chi connectivity index (χ4n) is 1.75. The molecule has 112 valence electrons. The highest BCUT2D eigenvalue weighted by molar-refractivity contribution is 7.92. The normalized spacial score (nSPS) is 13.0. The Morgan fingerprint density at radius 3 is 2.52 bits per heavy atom. The van der Waals surface area contributed by atoms with Crippen LogP contribution >= 0.6 is 11.3 Å². The zero-order valence-corrected chi connectivity index (χ0v) is 13.4. The second-order valence-corrected chi connectivity index (χ2v) is 8.15. The lowest BCUT2D eigenvalue weighted by atomic mass is 10.2. The molecule has 7 heteroatoms. The van der Waals surface area contributed by atoms with Crippen LogP contribution in [-0.4, -0.2) is 24.6 Å². The first kappa shape index (κ1) is 15.7. The van der Waals surface area contributed by atoms with Gasteiger partial charge in [0.15, 0.2) is 9.84 Å². The van der Waals surface area contributed by atoms with E-state index in [-0.39, 0.29) is 5.75 Å². The minimum absolute atomic E-state index is 0.215. The van der Waals surface area contributed by atoms with Gasteiger partial charge in [-0.15, -0.1) is 11.3 Å². The van der Waals surface area contributed by atoms with E-state index >= 15 is 0 Å². The zero-order valence-electron chi connectivity index (χ0n) is 11.7. The predicted octanol–water partition coefficient (Wildman–Crippen LogP) is 1.91. The minimum Gasteiger partial charge on any atom is -0.369 e. The monoisotopic (exact) mass is 324 g/mol. The number of carbonyl (C=O) groups excluding carboxylic acids is 1. The molecule has 0 saturated carbocycles. The van der Waals surface area contributed by atoms with E-state index in [9.17, 15) is 13.2 Å². The van der Waals surface area contributed by atoms with Crippen molar-refractivity contribution in [3.63, 3.8) is 0 Å². The van der Waals surface area contributed by atoms with Crippen molar-refractivity contribution in [3.05, 3.63) is 40.9 Å². The maximum Gasteiger partial charge on any atom is 0.235 e. The lowest BCUT2D eigenvalue weighted by Crippen LogP contribution is -2.33. The summed E-state index contributed by atoms with van der Waals surface area (Å²) < 4.78 is 24.2. The number of rotatable bonds is 5. The van der Waals surface area contributed by atoms with Crippen LogP contribution in [0.3, 0.4) is 0 Å². The number of benzene rings is 1. The van der Waals surface area contributed by atoms with Crippen LogP contribution in [0, 0.1) is 6.92 Å². The van der Waals surface area contributed by atoms with Crippen LogP contribution < -0.4 is 5.73 Å². The summed E-state index contributed by atoms with van der Waals surface area (Å²) in [5, 5.41) is -0.427. The molecule has 0 fully saturated rings. The summed E-state index contributed by atoms with van der Waals surface area (Å²) >= 11 is 1.33. The van der Waals surface area contributed by atoms with Gasteiger partial charge in [-0.1, -0.05) is 30.3 Å². The van der Waals surface area contributed by atoms with Crippen molar-refractivity contribution in [2.24, 2.45) is 5.73 Å². The molecule has 1 atom stereocenters. The molecule has 0 bridgehead atoms. The molecule has 1 amide bonds. The van der Waals surface area contributed by atoms with Crippen LogP contribution in [-0.2, 0) is 20.4 Å². The number of amides is 1. The van der Waals surface area contributed by atoms with Gasteiger partial charge in [0.25, 0.3) is 0 Å². The summed E-state index contributed by atoms with van der Waals surface area (Å²) in [4.78, 5) is 16.1. The summed E-state index contributed by atoms with van der Waals surface area (Å²) in [7, 11) is -3.61. The van der Waals surface area contributed by atoms with Crippen LogP contribution in [0.15, 0.2) is 30.3 Å². The number of sulfone groups is 1. The van der Waals surface area contributed by atoms with Crippen LogP contribution in [0.25, 0.3) is 10.6 Å². The summed E-state index contributed by atoms with van der Waals surface area (Å²) in [6.07, 6.45) is 0. The summed E-state index contributed by atoms with van der Waals surface area (Å²) in [6, 6.07) is 9.55. The van der Waals surface area contributed by atoms with Crippen molar-refractivity contribution < 1.29 is 13.2 Å². The van der Waals surface area contributed by atoms with E-state index in [1.807, 2.05) is 30.3 Å². The molecular weight excluding hydrogens is 308 g/mol. The Hall–Kier alpha value is -1.73. The molecule has 0 aliphatic carbocycles. The minimum atomic E-state index is -3.61. The highest BCUT2D eigenvalue weighted by Gasteiger charge is 2.28. The van der Waals surface area contributed by atoms with Crippen LogP contribution in [0.4, 0.5) is 0 Å². The second-order valence-electron chi connectivity index (χ2n) is 4.75. The number of thiazole rings is 1. The Balaban J connectivity index is 2.31. The first-order chi connectivity index (χ1) is 9.81. The molecule has 1 aromatic carbocycles. The highest BCUT2D eigenvalue weighted by atomic mass is 32.2. The number of carbonyl (C=O) groups is 1. The molecule has 0 aliphatic rings. The number of primary amides is 1. The Bertz CT molecular complexity index is 752. The van der Waals surface area contributed by atoms with E-state index in [0.29, 0.717) is 10.6 Å². The summed E-state index contributed by atoms with van der Waals surface area (Å²) in [6.45, 7) is 3.08. The van der Waals surface area contributed by atoms with Gasteiger partial charge in [-0.3, -0.25) is 4.79 Å². The number of hydrogen-bond acceptors (Lipinski definition) is 5. The molecular formula is C14H16N2O3S2. The SMILES string of the molecule is Cc1nc(-c2ccccc2)sc1CS(=O)(=O)[C@H](C)C(N)=O. The fraction of sp³-hybridized carbons (Fsp3) is 0.286. The first-order valence-corrected chi connectivity index (χ1v) is 8.87. The average molecular weight is 324 g/mol. The van der Waals surface area contributed by atoms with Gasteiger partial charge in [-0.05, 0) is 13.8 Å². The Labute approximate surface area is 127 Å². The van der Waals surface area contributed by atoms with Gasteiger partial charge in [0.2, 0.25) is 5.91 Å². The average Bonchev–Trinajstić information content (AvgIpc) is 2.79. The van der Waals surface area contributed by atoms with E-state index < -0.39 is 21.0 Å². The second kappa shape index (κ2) is 5.95. The molecule has 0 radical (unpaired) electrons. The van der Waals surface area contributed by atoms with E-state index in [1.54, 1.807) is 6.92 Å². The number of aromatic nitrogens is 1. The van der Waals surface area contributed by atoms with E-state index in [0.717, 1.165) is 10.6 Å². The van der Waals surface area contributed by atoms with Crippen molar-refractivity contribution >= 4 is 27.1 Å². The number of hydrogen-bond donors (Lipinski definition) is 1. The molecule has 0 spiro atoms. The molecule has 0 saturated heterocycles.